The highest BCUT2D eigenvalue weighted by Crippen LogP contribution is 2.48. The molecule has 2 atom stereocenters. The summed E-state index contributed by atoms with van der Waals surface area (Å²) in [5, 5.41) is 13.5. The number of aromatic nitrogens is 2. The zero-order valence-electron chi connectivity index (χ0n) is 23.7. The van der Waals surface area contributed by atoms with Crippen molar-refractivity contribution in [3.8, 4) is 33.2 Å². The highest BCUT2D eigenvalue weighted by Gasteiger charge is 2.57. The maximum Gasteiger partial charge on any atom is 0.424 e. The molecule has 2 aromatic carbocycles. The highest BCUT2D eigenvalue weighted by atomic mass is 32.1. The second kappa shape index (κ2) is 11.1. The van der Waals surface area contributed by atoms with Crippen molar-refractivity contribution in [2.24, 2.45) is 5.73 Å². The molecule has 0 radical (unpaired) electrons. The van der Waals surface area contributed by atoms with Crippen LogP contribution in [0.3, 0.4) is 0 Å². The Labute approximate surface area is 258 Å². The fourth-order valence-corrected chi connectivity index (χ4v) is 5.58. The zero-order chi connectivity index (χ0) is 32.1. The van der Waals surface area contributed by atoms with Gasteiger partial charge in [-0.05, 0) is 68.3 Å². The summed E-state index contributed by atoms with van der Waals surface area (Å²) in [6, 6.07) is 10.1. The van der Waals surface area contributed by atoms with Gasteiger partial charge in [0.25, 0.3) is 5.91 Å². The Morgan fingerprint density at radius 3 is 2.53 bits per heavy atom. The van der Waals surface area contributed by atoms with Gasteiger partial charge < -0.3 is 25.6 Å². The molecular weight excluding hydrogens is 616 g/mol. The topological polar surface area (TPSA) is 137 Å². The van der Waals surface area contributed by atoms with Gasteiger partial charge in [0.05, 0.1) is 28.7 Å². The average molecular weight is 643 g/mol. The van der Waals surface area contributed by atoms with E-state index in [1.807, 2.05) is 0 Å². The zero-order valence-corrected chi connectivity index (χ0v) is 24.5. The Morgan fingerprint density at radius 2 is 1.91 bits per heavy atom. The van der Waals surface area contributed by atoms with Crippen LogP contribution in [0.4, 0.5) is 17.6 Å². The number of aliphatic hydroxyl groups is 1. The minimum absolute atomic E-state index is 0.00653. The summed E-state index contributed by atoms with van der Waals surface area (Å²) < 4.78 is 69.5. The van der Waals surface area contributed by atoms with E-state index >= 15 is 0 Å². The first-order valence-corrected chi connectivity index (χ1v) is 14.7. The molecule has 1 aliphatic carbocycles. The second-order valence-electron chi connectivity index (χ2n) is 11.2. The number of fused-ring (bicyclic) bond motifs is 1. The smallest absolute Gasteiger partial charge is 0.424 e. The van der Waals surface area contributed by atoms with Crippen LogP contribution in [0.25, 0.3) is 21.7 Å². The second-order valence-corrected chi connectivity index (χ2v) is 12.0. The number of carbonyl (C=O) groups excluding carboxylic acids is 2. The van der Waals surface area contributed by atoms with E-state index in [4.69, 9.17) is 15.2 Å². The Bertz CT molecular complexity index is 1780. The first-order chi connectivity index (χ1) is 21.3. The first-order valence-electron chi connectivity index (χ1n) is 13.8. The average Bonchev–Trinajstić information content (AvgIpc) is 3.51. The number of nitrogens with two attached hydrogens (primary N) is 1. The number of thiazole rings is 1. The van der Waals surface area contributed by atoms with Crippen molar-refractivity contribution < 1.29 is 41.7 Å². The van der Waals surface area contributed by atoms with E-state index < -0.39 is 47.1 Å². The molecule has 2 aliphatic rings. The van der Waals surface area contributed by atoms with Gasteiger partial charge in [-0.3, -0.25) is 14.6 Å². The highest BCUT2D eigenvalue weighted by molar-refractivity contribution is 7.13. The van der Waals surface area contributed by atoms with E-state index in [-0.39, 0.29) is 40.8 Å². The Hall–Kier alpha value is -4.56. The van der Waals surface area contributed by atoms with Gasteiger partial charge in [0, 0.05) is 28.5 Å². The lowest BCUT2D eigenvalue weighted by atomic mass is 9.81. The van der Waals surface area contributed by atoms with Gasteiger partial charge in [-0.15, -0.1) is 11.3 Å². The molecule has 1 saturated carbocycles. The molecule has 3 heterocycles. The lowest BCUT2D eigenvalue weighted by molar-refractivity contribution is -0.265. The van der Waals surface area contributed by atoms with Gasteiger partial charge in [0.15, 0.2) is 0 Å². The van der Waals surface area contributed by atoms with Crippen molar-refractivity contribution in [1.82, 2.24) is 15.3 Å². The van der Waals surface area contributed by atoms with Crippen LogP contribution in [0.2, 0.25) is 0 Å². The molecule has 45 heavy (non-hydrogen) atoms. The fourth-order valence-electron chi connectivity index (χ4n) is 4.93. The van der Waals surface area contributed by atoms with Crippen molar-refractivity contribution >= 4 is 23.2 Å². The molecule has 234 valence electrons. The molecule has 0 saturated heterocycles. The number of carbonyl (C=O) groups is 2. The summed E-state index contributed by atoms with van der Waals surface area (Å²) in [5.41, 5.74) is 1.72. The standard InChI is InChI=1S/C31H26F4N4O5S/c1-29(28(36)41)14-43-26-21(29)11-24(39-25(26)16-2-5-18(32)6-3-16)30(42,31(33,34)35)13-38-27(40)17-4-9-20(23-12-37-15-45-23)22(10-17)44-19-7-8-19/h2-6,9-12,15,19,42H,7-8,13-14H2,1H3,(H2,36,41)(H,38,40)/t29-,30?/m0/s1. The maximum atomic E-state index is 14.7. The number of ether oxygens (including phenoxy) is 2. The van der Waals surface area contributed by atoms with E-state index in [0.717, 1.165) is 35.9 Å². The molecule has 1 aliphatic heterocycles. The molecule has 0 bridgehead atoms. The van der Waals surface area contributed by atoms with E-state index in [2.05, 4.69) is 15.3 Å². The number of nitrogens with one attached hydrogen (secondary N) is 1. The molecule has 6 rings (SSSR count). The van der Waals surface area contributed by atoms with Crippen molar-refractivity contribution in [1.29, 1.82) is 0 Å². The van der Waals surface area contributed by atoms with Crippen molar-refractivity contribution in [2.45, 2.75) is 43.1 Å². The predicted octanol–water partition coefficient (Wildman–Crippen LogP) is 4.87. The van der Waals surface area contributed by atoms with Crippen LogP contribution < -0.4 is 20.5 Å². The molecule has 1 fully saturated rings. The van der Waals surface area contributed by atoms with E-state index in [1.54, 1.807) is 17.8 Å². The van der Waals surface area contributed by atoms with Gasteiger partial charge >= 0.3 is 6.18 Å². The molecule has 9 nitrogen and oxygen atoms in total. The third kappa shape index (κ3) is 5.59. The van der Waals surface area contributed by atoms with Crippen LogP contribution in [0.5, 0.6) is 11.5 Å². The third-order valence-electron chi connectivity index (χ3n) is 7.89. The molecule has 2 aromatic heterocycles. The SMILES string of the molecule is C[C@]1(C(N)=O)COc2c1cc(C(O)(CNC(=O)c1ccc(-c3cncs3)c(OC3CC3)c1)C(F)(F)F)nc2-c1ccc(F)cc1. The monoisotopic (exact) mass is 642 g/mol. The summed E-state index contributed by atoms with van der Waals surface area (Å²) in [6.07, 6.45) is -2.06. The molecule has 0 spiro atoms. The number of alkyl halides is 3. The lowest BCUT2D eigenvalue weighted by Crippen LogP contribution is -2.51. The number of halogens is 4. The number of hydrogen-bond donors (Lipinski definition) is 3. The minimum atomic E-state index is -5.35. The number of rotatable bonds is 9. The molecule has 4 N–H and O–H groups in total. The molecule has 2 amide bonds. The number of benzene rings is 2. The fraction of sp³-hybridized carbons (Fsp3) is 0.290. The Kier molecular flexibility index (Phi) is 7.52. The number of primary amides is 1. The summed E-state index contributed by atoms with van der Waals surface area (Å²) in [4.78, 5) is 34.6. The summed E-state index contributed by atoms with van der Waals surface area (Å²) >= 11 is 1.36. The largest absolute Gasteiger partial charge is 0.490 e. The third-order valence-corrected chi connectivity index (χ3v) is 8.70. The maximum absolute atomic E-state index is 14.7. The Morgan fingerprint density at radius 1 is 1.18 bits per heavy atom. The van der Waals surface area contributed by atoms with Gasteiger partial charge in [0.2, 0.25) is 11.5 Å². The molecule has 1 unspecified atom stereocenters. The van der Waals surface area contributed by atoms with Gasteiger partial charge in [0.1, 0.15) is 35.0 Å². The van der Waals surface area contributed by atoms with Gasteiger partial charge in [-0.25, -0.2) is 9.37 Å². The van der Waals surface area contributed by atoms with Crippen LogP contribution in [0, 0.1) is 5.82 Å². The minimum Gasteiger partial charge on any atom is -0.490 e. The number of hydrogen-bond acceptors (Lipinski definition) is 8. The van der Waals surface area contributed by atoms with Crippen LogP contribution in [-0.4, -0.2) is 52.3 Å². The lowest BCUT2D eigenvalue weighted by Gasteiger charge is -2.31. The predicted molar refractivity (Wildman–Crippen MR) is 155 cm³/mol. The quantitative estimate of drug-likeness (QED) is 0.222. The summed E-state index contributed by atoms with van der Waals surface area (Å²) in [7, 11) is 0. The summed E-state index contributed by atoms with van der Waals surface area (Å²) in [5.74, 6) is -2.02. The van der Waals surface area contributed by atoms with Crippen molar-refractivity contribution in [3.63, 3.8) is 0 Å². The van der Waals surface area contributed by atoms with Gasteiger partial charge in [-0.1, -0.05) is 0 Å². The number of nitrogens with zero attached hydrogens (tertiary/aromatic N) is 2. The van der Waals surface area contributed by atoms with E-state index in [9.17, 15) is 32.3 Å². The van der Waals surface area contributed by atoms with E-state index in [1.165, 1.54) is 42.5 Å². The van der Waals surface area contributed by atoms with Crippen molar-refractivity contribution in [3.05, 3.63) is 82.9 Å². The number of amides is 2. The molecular formula is C31H26F4N4O5S. The Balaban J connectivity index is 1.37. The van der Waals surface area contributed by atoms with Gasteiger partial charge in [-0.2, -0.15) is 13.2 Å². The first kappa shape index (κ1) is 30.5. The summed E-state index contributed by atoms with van der Waals surface area (Å²) in [6.45, 7) is -0.223. The molecule has 14 heteroatoms. The molecule has 4 aromatic rings. The van der Waals surface area contributed by atoms with Crippen LogP contribution in [0.1, 0.15) is 41.4 Å². The van der Waals surface area contributed by atoms with Crippen molar-refractivity contribution in [2.75, 3.05) is 13.2 Å². The van der Waals surface area contributed by atoms with Crippen LogP contribution >= 0.6 is 11.3 Å². The van der Waals surface area contributed by atoms with E-state index in [0.29, 0.717) is 11.3 Å². The van der Waals surface area contributed by atoms with Crippen LogP contribution in [0.15, 0.2) is 60.2 Å². The number of pyridine rings is 1. The normalized spacial score (nSPS) is 18.9. The van der Waals surface area contributed by atoms with Crippen LogP contribution in [-0.2, 0) is 15.8 Å².